The lowest BCUT2D eigenvalue weighted by Gasteiger charge is -1.93. The van der Waals surface area contributed by atoms with Crippen LogP contribution in [0.5, 0.6) is 0 Å². The summed E-state index contributed by atoms with van der Waals surface area (Å²) in [6.07, 6.45) is 0.845. The molecule has 2 rings (SSSR count). The highest BCUT2D eigenvalue weighted by Crippen LogP contribution is 2.03. The third-order valence-corrected chi connectivity index (χ3v) is 2.67. The number of nitrogens with zero attached hydrogens (tertiary/aromatic N) is 4. The van der Waals surface area contributed by atoms with Gasteiger partial charge in [0.2, 0.25) is 0 Å². The summed E-state index contributed by atoms with van der Waals surface area (Å²) in [6, 6.07) is 3.28. The molecule has 0 unspecified atom stereocenters. The van der Waals surface area contributed by atoms with Gasteiger partial charge in [-0.15, -0.1) is 10.2 Å². The maximum atomic E-state index is 11.7. The van der Waals surface area contributed by atoms with Crippen LogP contribution in [0.15, 0.2) is 16.9 Å². The average molecular weight is 292 g/mol. The molecule has 2 aromatic heterocycles. The van der Waals surface area contributed by atoms with Gasteiger partial charge in [0.1, 0.15) is 5.15 Å². The summed E-state index contributed by atoms with van der Waals surface area (Å²) in [5.74, 6) is 0. The van der Waals surface area contributed by atoms with Crippen LogP contribution >= 0.6 is 27.5 Å². The molecule has 0 fully saturated rings. The quantitative estimate of drug-likeness (QED) is 0.802. The van der Waals surface area contributed by atoms with Gasteiger partial charge in [-0.05, 0) is 18.6 Å². The standard InChI is InChI=1S/C8H8BrClN4O/c9-4-1-5-13-8(15)14-7(12-13)3-2-6(10)11-14/h2-3H,1,4-5H2. The molecule has 0 atom stereocenters. The van der Waals surface area contributed by atoms with Crippen LogP contribution in [0.3, 0.4) is 0 Å². The lowest BCUT2D eigenvalue weighted by molar-refractivity contribution is 0.581. The Bertz CT molecular complexity index is 535. The first kappa shape index (κ1) is 10.6. The van der Waals surface area contributed by atoms with E-state index >= 15 is 0 Å². The number of rotatable bonds is 3. The van der Waals surface area contributed by atoms with Crippen LogP contribution in [0.4, 0.5) is 0 Å². The Kier molecular flexibility index (Phi) is 3.06. The van der Waals surface area contributed by atoms with Crippen molar-refractivity contribution in [3.8, 4) is 0 Å². The largest absolute Gasteiger partial charge is 0.367 e. The molecule has 0 aliphatic carbocycles. The van der Waals surface area contributed by atoms with Crippen molar-refractivity contribution in [1.29, 1.82) is 0 Å². The second-order valence-corrected chi connectivity index (χ2v) is 4.15. The average Bonchev–Trinajstić information content (AvgIpc) is 2.53. The van der Waals surface area contributed by atoms with Gasteiger partial charge in [0.25, 0.3) is 0 Å². The van der Waals surface area contributed by atoms with Crippen LogP contribution < -0.4 is 5.69 Å². The Hall–Kier alpha value is -0.880. The highest BCUT2D eigenvalue weighted by atomic mass is 79.9. The lowest BCUT2D eigenvalue weighted by Crippen LogP contribution is -2.22. The van der Waals surface area contributed by atoms with Gasteiger partial charge in [-0.2, -0.15) is 4.52 Å². The van der Waals surface area contributed by atoms with Crippen LogP contribution in [-0.2, 0) is 6.54 Å². The van der Waals surface area contributed by atoms with Gasteiger partial charge in [0, 0.05) is 11.9 Å². The molecule has 5 nitrogen and oxygen atoms in total. The minimum Gasteiger partial charge on any atom is -0.244 e. The van der Waals surface area contributed by atoms with E-state index in [-0.39, 0.29) is 10.8 Å². The van der Waals surface area contributed by atoms with Crippen LogP contribution in [0.1, 0.15) is 6.42 Å². The van der Waals surface area contributed by atoms with Gasteiger partial charge in [-0.25, -0.2) is 9.48 Å². The molecule has 0 saturated carbocycles. The molecular weight excluding hydrogens is 283 g/mol. The molecule has 0 amide bonds. The fourth-order valence-corrected chi connectivity index (χ4v) is 1.63. The van der Waals surface area contributed by atoms with E-state index in [2.05, 4.69) is 26.1 Å². The van der Waals surface area contributed by atoms with Crippen molar-refractivity contribution in [2.45, 2.75) is 13.0 Å². The van der Waals surface area contributed by atoms with Crippen LogP contribution in [0.2, 0.25) is 5.15 Å². The predicted molar refractivity (Wildman–Crippen MR) is 60.7 cm³/mol. The number of aryl methyl sites for hydroxylation is 1. The van der Waals surface area contributed by atoms with Crippen molar-refractivity contribution in [1.82, 2.24) is 19.4 Å². The molecule has 0 aliphatic rings. The molecule has 0 aromatic carbocycles. The van der Waals surface area contributed by atoms with Crippen molar-refractivity contribution >= 4 is 33.2 Å². The molecule has 0 N–H and O–H groups in total. The van der Waals surface area contributed by atoms with Crippen LogP contribution in [0, 0.1) is 0 Å². The van der Waals surface area contributed by atoms with Gasteiger partial charge >= 0.3 is 5.69 Å². The molecule has 0 spiro atoms. The maximum absolute atomic E-state index is 11.7. The highest BCUT2D eigenvalue weighted by Gasteiger charge is 2.07. The summed E-state index contributed by atoms with van der Waals surface area (Å²) < 4.78 is 2.59. The molecule has 0 aliphatic heterocycles. The van der Waals surface area contributed by atoms with Crippen LogP contribution in [-0.4, -0.2) is 24.7 Å². The second kappa shape index (κ2) is 4.32. The van der Waals surface area contributed by atoms with Gasteiger partial charge in [-0.3, -0.25) is 0 Å². The Labute approximate surface area is 98.8 Å². The maximum Gasteiger partial charge on any atom is 0.367 e. The molecule has 0 radical (unpaired) electrons. The van der Waals surface area contributed by atoms with Crippen molar-refractivity contribution in [2.24, 2.45) is 0 Å². The van der Waals surface area contributed by atoms with Crippen molar-refractivity contribution in [3.05, 3.63) is 27.8 Å². The van der Waals surface area contributed by atoms with Crippen molar-refractivity contribution in [3.63, 3.8) is 0 Å². The summed E-state index contributed by atoms with van der Waals surface area (Å²) in [7, 11) is 0. The summed E-state index contributed by atoms with van der Waals surface area (Å²) in [5.41, 5.74) is 0.257. The smallest absolute Gasteiger partial charge is 0.244 e. The highest BCUT2D eigenvalue weighted by molar-refractivity contribution is 9.09. The van der Waals surface area contributed by atoms with E-state index in [1.165, 1.54) is 9.20 Å². The number of hydrogen-bond donors (Lipinski definition) is 0. The van der Waals surface area contributed by atoms with Gasteiger partial charge in [-0.1, -0.05) is 27.5 Å². The van der Waals surface area contributed by atoms with E-state index < -0.39 is 0 Å². The van der Waals surface area contributed by atoms with Crippen molar-refractivity contribution in [2.75, 3.05) is 5.33 Å². The minimum atomic E-state index is -0.256. The zero-order chi connectivity index (χ0) is 10.8. The summed E-state index contributed by atoms with van der Waals surface area (Å²) in [5, 5.41) is 9.11. The number of hydrogen-bond acceptors (Lipinski definition) is 3. The molecule has 15 heavy (non-hydrogen) atoms. The first-order valence-electron chi connectivity index (χ1n) is 4.41. The van der Waals surface area contributed by atoms with E-state index in [9.17, 15) is 4.79 Å². The minimum absolute atomic E-state index is 0.256. The van der Waals surface area contributed by atoms with E-state index in [0.29, 0.717) is 12.2 Å². The predicted octanol–water partition coefficient (Wildman–Crippen LogP) is 1.33. The summed E-state index contributed by atoms with van der Waals surface area (Å²) in [4.78, 5) is 11.7. The number of halogens is 2. The Morgan fingerprint density at radius 1 is 1.40 bits per heavy atom. The Balaban J connectivity index is 2.50. The molecule has 7 heteroatoms. The van der Waals surface area contributed by atoms with E-state index in [4.69, 9.17) is 11.6 Å². The monoisotopic (exact) mass is 290 g/mol. The number of aromatic nitrogens is 4. The third kappa shape index (κ3) is 2.05. The van der Waals surface area contributed by atoms with Gasteiger partial charge in [0.15, 0.2) is 5.65 Å². The first-order valence-corrected chi connectivity index (χ1v) is 5.90. The van der Waals surface area contributed by atoms with E-state index in [0.717, 1.165) is 11.8 Å². The van der Waals surface area contributed by atoms with Crippen molar-refractivity contribution < 1.29 is 0 Å². The topological polar surface area (TPSA) is 52.2 Å². The van der Waals surface area contributed by atoms with Crippen LogP contribution in [0.25, 0.3) is 5.65 Å². The SMILES string of the molecule is O=c1n(CCCBr)nc2ccc(Cl)nn12. The zero-order valence-corrected chi connectivity index (χ0v) is 10.1. The normalized spacial score (nSPS) is 11.1. The first-order chi connectivity index (χ1) is 7.22. The summed E-state index contributed by atoms with van der Waals surface area (Å²) >= 11 is 8.99. The fourth-order valence-electron chi connectivity index (χ4n) is 1.24. The molecule has 0 bridgehead atoms. The third-order valence-electron chi connectivity index (χ3n) is 1.91. The molecule has 80 valence electrons. The molecule has 0 saturated heterocycles. The Morgan fingerprint density at radius 3 is 2.93 bits per heavy atom. The second-order valence-electron chi connectivity index (χ2n) is 2.97. The number of alkyl halides is 1. The Morgan fingerprint density at radius 2 is 2.20 bits per heavy atom. The molecule has 2 aromatic rings. The summed E-state index contributed by atoms with van der Waals surface area (Å²) in [6.45, 7) is 0.574. The lowest BCUT2D eigenvalue weighted by atomic mass is 10.5. The van der Waals surface area contributed by atoms with Gasteiger partial charge < -0.3 is 0 Å². The number of fused-ring (bicyclic) bond motifs is 1. The van der Waals surface area contributed by atoms with E-state index in [1.807, 2.05) is 0 Å². The molecule has 2 heterocycles. The fraction of sp³-hybridized carbons (Fsp3) is 0.375. The van der Waals surface area contributed by atoms with Gasteiger partial charge in [0.05, 0.1) is 0 Å². The van der Waals surface area contributed by atoms with E-state index in [1.54, 1.807) is 12.1 Å². The molecular formula is C8H8BrClN4O. The zero-order valence-electron chi connectivity index (χ0n) is 7.73.